The summed E-state index contributed by atoms with van der Waals surface area (Å²) < 4.78 is 0. The van der Waals surface area contributed by atoms with Crippen LogP contribution in [0.4, 0.5) is 5.69 Å². The Hall–Kier alpha value is -1.66. The molecule has 2 atom stereocenters. The molecule has 1 aromatic carbocycles. The first-order valence-electron chi connectivity index (χ1n) is 6.89. The molecule has 2 unspecified atom stereocenters. The van der Waals surface area contributed by atoms with Crippen molar-refractivity contribution in [1.82, 2.24) is 4.90 Å². The van der Waals surface area contributed by atoms with E-state index in [0.717, 1.165) is 12.8 Å². The number of benzene rings is 1. The van der Waals surface area contributed by atoms with Gasteiger partial charge in [0.05, 0.1) is 4.92 Å². The number of amides is 1. The molecular weight excluding hydrogens is 294 g/mol. The number of nitro benzene ring substituents is 1. The molecule has 0 bridgehead atoms. The number of hydrogen-bond acceptors (Lipinski definition) is 4. The Bertz CT molecular complexity index is 564. The zero-order valence-corrected chi connectivity index (χ0v) is 12.5. The van der Waals surface area contributed by atoms with Crippen molar-refractivity contribution < 1.29 is 9.72 Å². The highest BCUT2D eigenvalue weighted by atomic mass is 35.5. The Kier molecular flexibility index (Phi) is 4.80. The summed E-state index contributed by atoms with van der Waals surface area (Å²) in [6.07, 6.45) is 1.69. The van der Waals surface area contributed by atoms with E-state index in [2.05, 4.69) is 6.92 Å². The minimum absolute atomic E-state index is 0.0282. The number of carbonyl (C=O) groups excluding carboxylic acids is 1. The molecular formula is C14H18ClN3O3. The molecule has 2 N–H and O–H groups in total. The molecule has 0 radical (unpaired) electrons. The molecule has 0 saturated carbocycles. The maximum Gasteiger partial charge on any atom is 0.282 e. The lowest BCUT2D eigenvalue weighted by Crippen LogP contribution is -2.49. The number of nitrogens with two attached hydrogens (primary N) is 1. The first kappa shape index (κ1) is 15.7. The van der Waals surface area contributed by atoms with Crippen molar-refractivity contribution >= 4 is 23.2 Å². The second kappa shape index (κ2) is 6.41. The number of hydrogen-bond donors (Lipinski definition) is 1. The van der Waals surface area contributed by atoms with Gasteiger partial charge in [-0.05, 0) is 30.9 Å². The number of rotatable bonds is 3. The summed E-state index contributed by atoms with van der Waals surface area (Å²) in [6, 6.07) is 3.95. The van der Waals surface area contributed by atoms with E-state index in [4.69, 9.17) is 17.3 Å². The summed E-state index contributed by atoms with van der Waals surface area (Å²) in [7, 11) is 0. The van der Waals surface area contributed by atoms with Crippen LogP contribution in [0.1, 0.15) is 30.1 Å². The van der Waals surface area contributed by atoms with E-state index >= 15 is 0 Å². The summed E-state index contributed by atoms with van der Waals surface area (Å²) in [5.41, 5.74) is 5.55. The molecule has 1 aliphatic rings. The average Bonchev–Trinajstić information content (AvgIpc) is 2.45. The van der Waals surface area contributed by atoms with Gasteiger partial charge in [0.2, 0.25) is 0 Å². The third kappa shape index (κ3) is 3.33. The van der Waals surface area contributed by atoms with E-state index in [1.54, 1.807) is 4.90 Å². The van der Waals surface area contributed by atoms with Crippen molar-refractivity contribution in [2.45, 2.75) is 25.8 Å². The number of piperidine rings is 1. The first-order chi connectivity index (χ1) is 9.93. The summed E-state index contributed by atoms with van der Waals surface area (Å²) in [5, 5.41) is 11.4. The molecule has 1 aliphatic heterocycles. The minimum Gasteiger partial charge on any atom is -0.334 e. The third-order valence-corrected chi connectivity index (χ3v) is 4.13. The Balaban J connectivity index is 2.35. The molecule has 1 heterocycles. The van der Waals surface area contributed by atoms with Gasteiger partial charge < -0.3 is 10.6 Å². The lowest BCUT2D eigenvalue weighted by atomic mass is 9.91. The van der Waals surface area contributed by atoms with Crippen LogP contribution in [-0.2, 0) is 0 Å². The number of likely N-dealkylation sites (tertiary alicyclic amines) is 1. The van der Waals surface area contributed by atoms with Crippen LogP contribution < -0.4 is 5.73 Å². The zero-order chi connectivity index (χ0) is 15.6. The maximum atomic E-state index is 12.7. The largest absolute Gasteiger partial charge is 0.334 e. The smallest absolute Gasteiger partial charge is 0.282 e. The van der Waals surface area contributed by atoms with Gasteiger partial charge in [-0.3, -0.25) is 14.9 Å². The Morgan fingerprint density at radius 1 is 1.57 bits per heavy atom. The topological polar surface area (TPSA) is 89.5 Å². The average molecular weight is 312 g/mol. The molecule has 1 fully saturated rings. The van der Waals surface area contributed by atoms with Crippen LogP contribution in [0.3, 0.4) is 0 Å². The molecule has 6 nitrogen and oxygen atoms in total. The molecule has 2 rings (SSSR count). The fraction of sp³-hybridized carbons (Fsp3) is 0.500. The van der Waals surface area contributed by atoms with Gasteiger partial charge in [0.25, 0.3) is 11.6 Å². The molecule has 1 amide bonds. The normalized spacial score (nSPS) is 22.1. The molecule has 7 heteroatoms. The highest BCUT2D eigenvalue weighted by Gasteiger charge is 2.32. The van der Waals surface area contributed by atoms with Gasteiger partial charge in [0, 0.05) is 30.2 Å². The van der Waals surface area contributed by atoms with Crippen LogP contribution in [-0.4, -0.2) is 34.9 Å². The van der Waals surface area contributed by atoms with Gasteiger partial charge in [-0.15, -0.1) is 0 Å². The van der Waals surface area contributed by atoms with Gasteiger partial charge >= 0.3 is 0 Å². The summed E-state index contributed by atoms with van der Waals surface area (Å²) in [6.45, 7) is 3.03. The lowest BCUT2D eigenvalue weighted by molar-refractivity contribution is -0.385. The zero-order valence-electron chi connectivity index (χ0n) is 11.8. The summed E-state index contributed by atoms with van der Waals surface area (Å²) in [4.78, 5) is 24.8. The molecule has 1 saturated heterocycles. The van der Waals surface area contributed by atoms with Crippen molar-refractivity contribution in [3.63, 3.8) is 0 Å². The van der Waals surface area contributed by atoms with Gasteiger partial charge in [0.1, 0.15) is 5.56 Å². The fourth-order valence-corrected chi connectivity index (χ4v) is 2.91. The predicted molar refractivity (Wildman–Crippen MR) is 80.4 cm³/mol. The van der Waals surface area contributed by atoms with E-state index in [9.17, 15) is 14.9 Å². The highest BCUT2D eigenvalue weighted by molar-refractivity contribution is 6.31. The van der Waals surface area contributed by atoms with Crippen molar-refractivity contribution in [1.29, 1.82) is 0 Å². The second-order valence-corrected chi connectivity index (χ2v) is 5.87. The van der Waals surface area contributed by atoms with E-state index in [1.807, 2.05) is 0 Å². The number of nitrogens with zero attached hydrogens (tertiary/aromatic N) is 2. The Morgan fingerprint density at radius 3 is 2.90 bits per heavy atom. The van der Waals surface area contributed by atoms with Gasteiger partial charge in [-0.25, -0.2) is 0 Å². The van der Waals surface area contributed by atoms with E-state index in [1.165, 1.54) is 18.2 Å². The predicted octanol–water partition coefficient (Wildman–Crippen LogP) is 2.45. The molecule has 0 aliphatic carbocycles. The highest BCUT2D eigenvalue weighted by Crippen LogP contribution is 2.28. The lowest BCUT2D eigenvalue weighted by Gasteiger charge is -2.37. The van der Waals surface area contributed by atoms with Crippen LogP contribution in [0.15, 0.2) is 18.2 Å². The van der Waals surface area contributed by atoms with Gasteiger partial charge in [0.15, 0.2) is 0 Å². The van der Waals surface area contributed by atoms with Crippen LogP contribution >= 0.6 is 11.6 Å². The van der Waals surface area contributed by atoms with Crippen molar-refractivity contribution in [2.24, 2.45) is 11.7 Å². The SMILES string of the molecule is CC1CCN(C(=O)c2cc(Cl)ccc2[N+](=O)[O-])C(CN)C1. The minimum atomic E-state index is -0.562. The quantitative estimate of drug-likeness (QED) is 0.686. The van der Waals surface area contributed by atoms with Crippen molar-refractivity contribution in [3.05, 3.63) is 38.9 Å². The maximum absolute atomic E-state index is 12.7. The summed E-state index contributed by atoms with van der Waals surface area (Å²) in [5.74, 6) is 0.128. The first-order valence-corrected chi connectivity index (χ1v) is 7.26. The van der Waals surface area contributed by atoms with Gasteiger partial charge in [-0.2, -0.15) is 0 Å². The third-order valence-electron chi connectivity index (χ3n) is 3.90. The molecule has 1 aromatic rings. The number of carbonyl (C=O) groups is 1. The monoisotopic (exact) mass is 311 g/mol. The fourth-order valence-electron chi connectivity index (χ4n) is 2.74. The van der Waals surface area contributed by atoms with Crippen LogP contribution in [0.2, 0.25) is 5.02 Å². The molecule has 0 spiro atoms. The Morgan fingerprint density at radius 2 is 2.29 bits per heavy atom. The van der Waals surface area contributed by atoms with Crippen LogP contribution in [0.5, 0.6) is 0 Å². The second-order valence-electron chi connectivity index (χ2n) is 5.44. The van der Waals surface area contributed by atoms with Crippen molar-refractivity contribution in [3.8, 4) is 0 Å². The number of nitro groups is 1. The van der Waals surface area contributed by atoms with E-state index in [-0.39, 0.29) is 23.2 Å². The molecule has 114 valence electrons. The number of halogens is 1. The standard InChI is InChI=1S/C14H18ClN3O3/c1-9-4-5-17(11(6-9)8-16)14(19)12-7-10(15)2-3-13(12)18(20)21/h2-3,7,9,11H,4-6,8,16H2,1H3. The van der Waals surface area contributed by atoms with E-state index < -0.39 is 4.92 Å². The van der Waals surface area contributed by atoms with Crippen molar-refractivity contribution in [2.75, 3.05) is 13.1 Å². The Labute approximate surface area is 128 Å². The van der Waals surface area contributed by atoms with Crippen LogP contribution in [0.25, 0.3) is 0 Å². The van der Waals surface area contributed by atoms with Gasteiger partial charge in [-0.1, -0.05) is 18.5 Å². The van der Waals surface area contributed by atoms with Crippen LogP contribution in [0, 0.1) is 16.0 Å². The van der Waals surface area contributed by atoms with E-state index in [0.29, 0.717) is 24.0 Å². The summed E-state index contributed by atoms with van der Waals surface area (Å²) >= 11 is 5.88. The molecule has 0 aromatic heterocycles. The molecule has 21 heavy (non-hydrogen) atoms.